The van der Waals surface area contributed by atoms with E-state index in [1.54, 1.807) is 6.08 Å². The van der Waals surface area contributed by atoms with Crippen LogP contribution in [0.25, 0.3) is 11.1 Å². The van der Waals surface area contributed by atoms with Gasteiger partial charge in [-0.05, 0) is 77.8 Å². The Morgan fingerprint density at radius 3 is 2.15 bits per heavy atom. The van der Waals surface area contributed by atoms with Gasteiger partial charge >= 0.3 is 0 Å². The number of aliphatic hydroxyl groups is 1. The van der Waals surface area contributed by atoms with E-state index >= 15 is 0 Å². The van der Waals surface area contributed by atoms with Crippen molar-refractivity contribution in [1.82, 2.24) is 9.80 Å². The molecule has 0 radical (unpaired) electrons. The van der Waals surface area contributed by atoms with Crippen LogP contribution in [0.1, 0.15) is 66.1 Å². The van der Waals surface area contributed by atoms with Crippen LogP contribution in [0.4, 0.5) is 0 Å². The molecule has 4 rings (SSSR count). The number of nitrogens with zero attached hydrogens (tertiary/aromatic N) is 3. The van der Waals surface area contributed by atoms with Crippen LogP contribution in [-0.2, 0) is 13.0 Å². The minimum atomic E-state index is 0.0711. The van der Waals surface area contributed by atoms with E-state index in [9.17, 15) is 9.90 Å². The summed E-state index contributed by atoms with van der Waals surface area (Å²) < 4.78 is 0. The molecule has 41 heavy (non-hydrogen) atoms. The molecule has 3 aromatic rings. The van der Waals surface area contributed by atoms with E-state index in [1.807, 2.05) is 36.4 Å². The number of nitriles is 1. The maximum atomic E-state index is 14.0. The zero-order valence-electron chi connectivity index (χ0n) is 24.1. The summed E-state index contributed by atoms with van der Waals surface area (Å²) in [6, 6.07) is 26.5. The molecule has 0 aromatic heterocycles. The average molecular weight is 548 g/mol. The Kier molecular flexibility index (Phi) is 10.9. The molecule has 1 aliphatic rings. The number of benzene rings is 3. The molecule has 5 nitrogen and oxygen atoms in total. The Balaban J connectivity index is 1.50. The molecule has 0 saturated carbocycles. The molecular formula is C36H41N3O2. The molecule has 212 valence electrons. The number of amides is 1. The van der Waals surface area contributed by atoms with Crippen LogP contribution in [0.15, 0.2) is 97.3 Å². The first-order valence-corrected chi connectivity index (χ1v) is 14.7. The highest BCUT2D eigenvalue weighted by Crippen LogP contribution is 2.25. The minimum Gasteiger partial charge on any atom is -0.515 e. The highest BCUT2D eigenvalue weighted by atomic mass is 16.2. The predicted octanol–water partition coefficient (Wildman–Crippen LogP) is 7.69. The quantitative estimate of drug-likeness (QED) is 0.143. The second-order valence-electron chi connectivity index (χ2n) is 10.9. The number of aliphatic hydroxyl groups excluding tert-OH is 1. The molecule has 1 amide bonds. The van der Waals surface area contributed by atoms with Gasteiger partial charge in [-0.15, -0.1) is 0 Å². The maximum absolute atomic E-state index is 14.0. The number of hydrogen-bond acceptors (Lipinski definition) is 4. The molecule has 0 atom stereocenters. The van der Waals surface area contributed by atoms with Crippen molar-refractivity contribution < 1.29 is 9.90 Å². The van der Waals surface area contributed by atoms with Gasteiger partial charge in [-0.2, -0.15) is 5.26 Å². The Labute approximate surface area is 245 Å². The Hall–Kier alpha value is -4.14. The third-order valence-electron chi connectivity index (χ3n) is 8.02. The van der Waals surface area contributed by atoms with Crippen molar-refractivity contribution >= 4 is 5.91 Å². The summed E-state index contributed by atoms with van der Waals surface area (Å²) in [6.07, 6.45) is 9.21. The van der Waals surface area contributed by atoms with Crippen LogP contribution >= 0.6 is 0 Å². The van der Waals surface area contributed by atoms with Crippen molar-refractivity contribution in [3.8, 4) is 17.2 Å². The van der Waals surface area contributed by atoms with E-state index in [1.165, 1.54) is 24.8 Å². The van der Waals surface area contributed by atoms with E-state index in [-0.39, 0.29) is 11.9 Å². The first-order chi connectivity index (χ1) is 20.0. The fourth-order valence-electron chi connectivity index (χ4n) is 5.47. The van der Waals surface area contributed by atoms with Crippen molar-refractivity contribution in [2.75, 3.05) is 19.6 Å². The van der Waals surface area contributed by atoms with Crippen LogP contribution in [0, 0.1) is 11.3 Å². The highest BCUT2D eigenvalue weighted by Gasteiger charge is 2.29. The number of rotatable bonds is 12. The van der Waals surface area contributed by atoms with Gasteiger partial charge in [0.15, 0.2) is 0 Å². The molecule has 5 heteroatoms. The smallest absolute Gasteiger partial charge is 0.254 e. The lowest BCUT2D eigenvalue weighted by molar-refractivity contribution is 0.0558. The molecule has 3 aromatic carbocycles. The number of likely N-dealkylation sites (tertiary alicyclic amines) is 1. The maximum Gasteiger partial charge on any atom is 0.254 e. The number of unbranched alkanes of at least 4 members (excludes halogenated alkanes) is 2. The van der Waals surface area contributed by atoms with E-state index in [0.29, 0.717) is 18.7 Å². The molecule has 1 saturated heterocycles. The lowest BCUT2D eigenvalue weighted by Gasteiger charge is -2.39. The Morgan fingerprint density at radius 2 is 1.59 bits per heavy atom. The molecule has 1 N–H and O–H groups in total. The van der Waals surface area contributed by atoms with Crippen LogP contribution in [-0.4, -0.2) is 46.5 Å². The minimum absolute atomic E-state index is 0.0711. The van der Waals surface area contributed by atoms with Gasteiger partial charge < -0.3 is 10.0 Å². The third kappa shape index (κ3) is 8.19. The first kappa shape index (κ1) is 29.8. The van der Waals surface area contributed by atoms with E-state index < -0.39 is 0 Å². The number of piperidine rings is 1. The summed E-state index contributed by atoms with van der Waals surface area (Å²) >= 11 is 0. The monoisotopic (exact) mass is 547 g/mol. The van der Waals surface area contributed by atoms with Gasteiger partial charge in [0.2, 0.25) is 0 Å². The summed E-state index contributed by atoms with van der Waals surface area (Å²) in [5.74, 6) is 0.0711. The van der Waals surface area contributed by atoms with E-state index in [2.05, 4.69) is 65.8 Å². The third-order valence-corrected chi connectivity index (χ3v) is 8.02. The number of aryl methyl sites for hydroxylation is 1. The second kappa shape index (κ2) is 15.0. The van der Waals surface area contributed by atoms with Gasteiger partial charge in [-0.25, -0.2) is 0 Å². The largest absolute Gasteiger partial charge is 0.515 e. The van der Waals surface area contributed by atoms with Gasteiger partial charge in [-0.3, -0.25) is 9.69 Å². The predicted molar refractivity (Wildman–Crippen MR) is 167 cm³/mol. The van der Waals surface area contributed by atoms with Gasteiger partial charge in [-0.1, -0.05) is 81.0 Å². The summed E-state index contributed by atoms with van der Waals surface area (Å²) in [7, 11) is 0. The topological polar surface area (TPSA) is 67.6 Å². The lowest BCUT2D eigenvalue weighted by Crippen LogP contribution is -2.47. The lowest BCUT2D eigenvalue weighted by atomic mass is 9.98. The SMILES string of the molecule is C=C/C(=C\O)CN1CCC(N(Cc2ccc(-c3ccc(C#N)cc3)cc2)C(=O)c2ccc(CCCCC)cc2)CC1. The first-order valence-electron chi connectivity index (χ1n) is 14.7. The Morgan fingerprint density at radius 1 is 0.976 bits per heavy atom. The van der Waals surface area contributed by atoms with Crippen molar-refractivity contribution in [3.63, 3.8) is 0 Å². The van der Waals surface area contributed by atoms with Crippen molar-refractivity contribution in [1.29, 1.82) is 5.26 Å². The normalized spacial score (nSPS) is 14.4. The highest BCUT2D eigenvalue weighted by molar-refractivity contribution is 5.94. The fourth-order valence-corrected chi connectivity index (χ4v) is 5.47. The molecule has 0 bridgehead atoms. The summed E-state index contributed by atoms with van der Waals surface area (Å²) in [4.78, 5) is 18.3. The molecule has 0 spiro atoms. The molecule has 1 aliphatic heterocycles. The van der Waals surface area contributed by atoms with Crippen molar-refractivity contribution in [2.45, 2.75) is 58.0 Å². The molecular weight excluding hydrogens is 506 g/mol. The van der Waals surface area contributed by atoms with Gasteiger partial charge in [0.25, 0.3) is 5.91 Å². The summed E-state index contributed by atoms with van der Waals surface area (Å²) in [6.45, 7) is 8.91. The van der Waals surface area contributed by atoms with Crippen LogP contribution in [0.3, 0.4) is 0 Å². The van der Waals surface area contributed by atoms with Gasteiger partial charge in [0.1, 0.15) is 0 Å². The fraction of sp³-hybridized carbons (Fsp3) is 0.333. The Bertz CT molecular complexity index is 1340. The van der Waals surface area contributed by atoms with Crippen LogP contribution in [0.5, 0.6) is 0 Å². The molecule has 1 fully saturated rings. The number of carbonyl (C=O) groups excluding carboxylic acids is 1. The van der Waals surface area contributed by atoms with Gasteiger partial charge in [0, 0.05) is 37.8 Å². The zero-order chi connectivity index (χ0) is 29.0. The van der Waals surface area contributed by atoms with Crippen molar-refractivity contribution in [2.24, 2.45) is 0 Å². The molecule has 0 aliphatic carbocycles. The van der Waals surface area contributed by atoms with E-state index in [0.717, 1.165) is 66.4 Å². The second-order valence-corrected chi connectivity index (χ2v) is 10.9. The summed E-state index contributed by atoms with van der Waals surface area (Å²) in [5.41, 5.74) is 6.70. The van der Waals surface area contributed by atoms with Crippen LogP contribution in [0.2, 0.25) is 0 Å². The standard InChI is InChI=1S/C36H41N3O2/c1-3-5-6-7-29-8-18-34(19-9-29)36(41)39(35-20-22-38(23-21-35)25-28(4-2)27-40)26-31-12-16-33(17-13-31)32-14-10-30(24-37)11-15-32/h4,8-19,27,35,40H,2-3,5-7,20-23,25-26H2,1H3/b28-27+. The summed E-state index contributed by atoms with van der Waals surface area (Å²) in [5, 5.41) is 18.5. The van der Waals surface area contributed by atoms with E-state index in [4.69, 9.17) is 5.26 Å². The van der Waals surface area contributed by atoms with Crippen molar-refractivity contribution in [3.05, 3.63) is 120 Å². The van der Waals surface area contributed by atoms with Crippen LogP contribution < -0.4 is 0 Å². The van der Waals surface area contributed by atoms with Gasteiger partial charge in [0.05, 0.1) is 17.9 Å². The number of hydrogen-bond donors (Lipinski definition) is 1. The molecule has 0 unspecified atom stereocenters. The average Bonchev–Trinajstić information content (AvgIpc) is 3.03. The zero-order valence-corrected chi connectivity index (χ0v) is 24.1. The number of carbonyl (C=O) groups is 1. The molecule has 1 heterocycles.